The van der Waals surface area contributed by atoms with Gasteiger partial charge in [-0.1, -0.05) is 12.8 Å². The molecule has 0 radical (unpaired) electrons. The van der Waals surface area contributed by atoms with Gasteiger partial charge in [-0.2, -0.15) is 0 Å². The number of rotatable bonds is 3. The normalized spacial score (nSPS) is 28.7. The standard InChI is InChI=1S/C15H23N3OS/c1-10-9-20-14(17-10)15(6-2-3-7-15)18-13(19)11-4-5-12(16)8-11/h9,11-12H,2-8,16H2,1H3,(H,18,19). The molecule has 3 rings (SSSR count). The predicted octanol–water partition coefficient (Wildman–Crippen LogP) is 2.46. The Morgan fingerprint density at radius 1 is 1.45 bits per heavy atom. The van der Waals surface area contributed by atoms with Gasteiger partial charge in [0.1, 0.15) is 5.01 Å². The Labute approximate surface area is 124 Å². The Bertz CT molecular complexity index is 493. The minimum atomic E-state index is -0.206. The van der Waals surface area contributed by atoms with Crippen molar-refractivity contribution in [3.8, 4) is 0 Å². The second-order valence-corrected chi connectivity index (χ2v) is 7.20. The summed E-state index contributed by atoms with van der Waals surface area (Å²) in [6.45, 7) is 2.01. The van der Waals surface area contributed by atoms with Gasteiger partial charge in [-0.15, -0.1) is 11.3 Å². The summed E-state index contributed by atoms with van der Waals surface area (Å²) in [6.07, 6.45) is 7.11. The van der Waals surface area contributed by atoms with E-state index in [1.807, 2.05) is 6.92 Å². The number of nitrogens with zero attached hydrogens (tertiary/aromatic N) is 1. The molecule has 5 heteroatoms. The maximum absolute atomic E-state index is 12.5. The fourth-order valence-corrected chi connectivity index (χ4v) is 4.55. The van der Waals surface area contributed by atoms with E-state index < -0.39 is 0 Å². The number of thiazole rings is 1. The monoisotopic (exact) mass is 293 g/mol. The van der Waals surface area contributed by atoms with E-state index in [1.165, 1.54) is 12.8 Å². The van der Waals surface area contributed by atoms with Crippen molar-refractivity contribution in [2.24, 2.45) is 11.7 Å². The van der Waals surface area contributed by atoms with Crippen molar-refractivity contribution in [2.45, 2.75) is 63.5 Å². The second-order valence-electron chi connectivity index (χ2n) is 6.34. The first kappa shape index (κ1) is 14.0. The molecule has 2 fully saturated rings. The van der Waals surface area contributed by atoms with Gasteiger partial charge < -0.3 is 11.1 Å². The van der Waals surface area contributed by atoms with Gasteiger partial charge in [0.15, 0.2) is 0 Å². The highest BCUT2D eigenvalue weighted by atomic mass is 32.1. The molecule has 2 aliphatic carbocycles. The molecule has 1 amide bonds. The molecule has 2 saturated carbocycles. The smallest absolute Gasteiger partial charge is 0.223 e. The van der Waals surface area contributed by atoms with Crippen LogP contribution in [0, 0.1) is 12.8 Å². The third-order valence-electron chi connectivity index (χ3n) is 4.69. The topological polar surface area (TPSA) is 68.0 Å². The lowest BCUT2D eigenvalue weighted by molar-refractivity contribution is -0.127. The van der Waals surface area contributed by atoms with Crippen molar-refractivity contribution in [2.75, 3.05) is 0 Å². The van der Waals surface area contributed by atoms with Gasteiger partial charge in [-0.25, -0.2) is 4.98 Å². The van der Waals surface area contributed by atoms with E-state index in [9.17, 15) is 4.79 Å². The van der Waals surface area contributed by atoms with Crippen molar-refractivity contribution >= 4 is 17.2 Å². The van der Waals surface area contributed by atoms with Gasteiger partial charge in [0, 0.05) is 23.0 Å². The number of carbonyl (C=O) groups excluding carboxylic acids is 1. The zero-order valence-corrected chi connectivity index (χ0v) is 12.8. The Morgan fingerprint density at radius 2 is 2.20 bits per heavy atom. The highest BCUT2D eigenvalue weighted by Gasteiger charge is 2.41. The van der Waals surface area contributed by atoms with Crippen LogP contribution in [0.5, 0.6) is 0 Å². The number of aryl methyl sites for hydroxylation is 1. The van der Waals surface area contributed by atoms with E-state index in [-0.39, 0.29) is 23.4 Å². The molecule has 1 aromatic heterocycles. The van der Waals surface area contributed by atoms with E-state index in [1.54, 1.807) is 11.3 Å². The molecule has 1 aromatic rings. The van der Waals surface area contributed by atoms with E-state index in [4.69, 9.17) is 5.73 Å². The molecule has 2 atom stereocenters. The first-order chi connectivity index (χ1) is 9.59. The number of hydrogen-bond acceptors (Lipinski definition) is 4. The molecule has 2 unspecified atom stereocenters. The summed E-state index contributed by atoms with van der Waals surface area (Å²) >= 11 is 1.68. The molecule has 0 bridgehead atoms. The summed E-state index contributed by atoms with van der Waals surface area (Å²) in [4.78, 5) is 17.2. The molecule has 4 nitrogen and oxygen atoms in total. The third kappa shape index (κ3) is 2.61. The lowest BCUT2D eigenvalue weighted by Gasteiger charge is -2.29. The first-order valence-corrected chi connectivity index (χ1v) is 8.47. The summed E-state index contributed by atoms with van der Waals surface area (Å²) in [5.74, 6) is 0.288. The van der Waals surface area contributed by atoms with Crippen LogP contribution >= 0.6 is 11.3 Å². The fourth-order valence-electron chi connectivity index (χ4n) is 3.54. The Hall–Kier alpha value is -0.940. The average Bonchev–Trinajstić information content (AvgIpc) is 3.10. The van der Waals surface area contributed by atoms with Crippen molar-refractivity contribution in [3.63, 3.8) is 0 Å². The van der Waals surface area contributed by atoms with E-state index in [2.05, 4.69) is 15.7 Å². The predicted molar refractivity (Wildman–Crippen MR) is 80.5 cm³/mol. The van der Waals surface area contributed by atoms with Crippen molar-refractivity contribution in [1.82, 2.24) is 10.3 Å². The summed E-state index contributed by atoms with van der Waals surface area (Å²) in [7, 11) is 0. The van der Waals surface area contributed by atoms with Crippen LogP contribution in [-0.4, -0.2) is 16.9 Å². The van der Waals surface area contributed by atoms with Gasteiger partial charge in [-0.3, -0.25) is 4.79 Å². The highest BCUT2D eigenvalue weighted by molar-refractivity contribution is 7.09. The second kappa shape index (κ2) is 5.45. The van der Waals surface area contributed by atoms with Crippen LogP contribution in [0.3, 0.4) is 0 Å². The minimum Gasteiger partial charge on any atom is -0.344 e. The molecule has 0 saturated heterocycles. The Morgan fingerprint density at radius 3 is 2.75 bits per heavy atom. The van der Waals surface area contributed by atoms with Crippen LogP contribution in [0.2, 0.25) is 0 Å². The molecule has 20 heavy (non-hydrogen) atoms. The van der Waals surface area contributed by atoms with Crippen molar-refractivity contribution in [3.05, 3.63) is 16.1 Å². The minimum absolute atomic E-state index is 0.100. The third-order valence-corrected chi connectivity index (χ3v) is 5.86. The molecular formula is C15H23N3OS. The summed E-state index contributed by atoms with van der Waals surface area (Å²) in [5, 5.41) is 6.50. The Kier molecular flexibility index (Phi) is 3.82. The van der Waals surface area contributed by atoms with Crippen LogP contribution in [-0.2, 0) is 10.3 Å². The summed E-state index contributed by atoms with van der Waals surface area (Å²) < 4.78 is 0. The molecule has 2 aliphatic rings. The zero-order valence-electron chi connectivity index (χ0n) is 12.0. The molecule has 110 valence electrons. The van der Waals surface area contributed by atoms with Crippen LogP contribution in [0.15, 0.2) is 5.38 Å². The first-order valence-electron chi connectivity index (χ1n) is 7.59. The van der Waals surface area contributed by atoms with Crippen LogP contribution < -0.4 is 11.1 Å². The van der Waals surface area contributed by atoms with Gasteiger partial charge >= 0.3 is 0 Å². The van der Waals surface area contributed by atoms with Crippen LogP contribution in [0.4, 0.5) is 0 Å². The van der Waals surface area contributed by atoms with Gasteiger partial charge in [-0.05, 0) is 39.0 Å². The van der Waals surface area contributed by atoms with Gasteiger partial charge in [0.25, 0.3) is 0 Å². The zero-order chi connectivity index (χ0) is 14.2. The molecular weight excluding hydrogens is 270 g/mol. The molecule has 0 spiro atoms. The van der Waals surface area contributed by atoms with Crippen LogP contribution in [0.25, 0.3) is 0 Å². The molecule has 0 aliphatic heterocycles. The van der Waals surface area contributed by atoms with Crippen molar-refractivity contribution < 1.29 is 4.79 Å². The number of aromatic nitrogens is 1. The van der Waals surface area contributed by atoms with Gasteiger partial charge in [0.05, 0.1) is 5.54 Å². The molecule has 0 aromatic carbocycles. The number of carbonyl (C=O) groups is 1. The van der Waals surface area contributed by atoms with E-state index in [0.717, 1.165) is 42.8 Å². The van der Waals surface area contributed by atoms with Crippen LogP contribution in [0.1, 0.15) is 55.6 Å². The number of hydrogen-bond donors (Lipinski definition) is 2. The summed E-state index contributed by atoms with van der Waals surface area (Å²) in [6, 6.07) is 0.201. The SMILES string of the molecule is Cc1csc(C2(NC(=O)C3CCC(N)C3)CCCC2)n1. The van der Waals surface area contributed by atoms with Gasteiger partial charge in [0.2, 0.25) is 5.91 Å². The average molecular weight is 293 g/mol. The quantitative estimate of drug-likeness (QED) is 0.899. The number of nitrogens with two attached hydrogens (primary N) is 1. The maximum Gasteiger partial charge on any atom is 0.223 e. The highest BCUT2D eigenvalue weighted by Crippen LogP contribution is 2.40. The maximum atomic E-state index is 12.5. The Balaban J connectivity index is 1.76. The van der Waals surface area contributed by atoms with E-state index in [0.29, 0.717) is 0 Å². The molecule has 1 heterocycles. The lowest BCUT2D eigenvalue weighted by Crippen LogP contribution is -2.46. The van der Waals surface area contributed by atoms with Crippen molar-refractivity contribution in [1.29, 1.82) is 0 Å². The number of amides is 1. The lowest BCUT2D eigenvalue weighted by atomic mass is 9.96. The fraction of sp³-hybridized carbons (Fsp3) is 0.733. The molecule has 3 N–H and O–H groups in total. The summed E-state index contributed by atoms with van der Waals surface area (Å²) in [5.41, 5.74) is 6.77. The largest absolute Gasteiger partial charge is 0.344 e. The number of nitrogens with one attached hydrogen (secondary N) is 1. The van der Waals surface area contributed by atoms with E-state index >= 15 is 0 Å².